The molecule has 0 aliphatic heterocycles. The molecule has 0 radical (unpaired) electrons. The van der Waals surface area contributed by atoms with Crippen molar-refractivity contribution in [3.05, 3.63) is 61.6 Å². The number of rotatable bonds is 4. The first kappa shape index (κ1) is 21.4. The lowest BCUT2D eigenvalue weighted by molar-refractivity contribution is 0.196. The summed E-state index contributed by atoms with van der Waals surface area (Å²) in [4.78, 5) is 42.8. The maximum Gasteiger partial charge on any atom is 0.416 e. The Bertz CT molecular complexity index is 1550. The molecule has 3 aromatic heterocycles. The van der Waals surface area contributed by atoms with E-state index in [1.807, 2.05) is 0 Å². The number of imidazole rings is 1. The number of oxime groups is 1. The van der Waals surface area contributed by atoms with Crippen LogP contribution in [0, 0.1) is 0 Å². The van der Waals surface area contributed by atoms with Crippen molar-refractivity contribution < 1.29 is 15.1 Å². The molecule has 0 fully saturated rings. The second-order valence-electron chi connectivity index (χ2n) is 7.20. The monoisotopic (exact) mass is 458 g/mol. The smallest absolute Gasteiger partial charge is 0.416 e. The van der Waals surface area contributed by atoms with Crippen LogP contribution >= 0.6 is 11.6 Å². The molecule has 32 heavy (non-hydrogen) atoms. The topological polar surface area (TPSA) is 137 Å². The van der Waals surface area contributed by atoms with Gasteiger partial charge in [0.1, 0.15) is 5.71 Å². The van der Waals surface area contributed by atoms with E-state index in [2.05, 4.69) is 10.1 Å². The molecule has 4 aromatic rings. The minimum absolute atomic E-state index is 0.125. The zero-order valence-corrected chi connectivity index (χ0v) is 18.2. The molecule has 166 valence electrons. The number of nitrogens with zero attached hydrogens (tertiary/aromatic N) is 6. The Hall–Kier alpha value is -3.86. The Balaban J connectivity index is 2.03. The molecule has 0 bridgehead atoms. The molecule has 0 aliphatic carbocycles. The van der Waals surface area contributed by atoms with Gasteiger partial charge in [0.25, 0.3) is 5.56 Å². The highest BCUT2D eigenvalue weighted by molar-refractivity contribution is 6.35. The van der Waals surface area contributed by atoms with Gasteiger partial charge in [-0.2, -0.15) is 0 Å². The lowest BCUT2D eigenvalue weighted by Crippen LogP contribution is -2.41. The molecular formula is C20H19ClN6O5. The van der Waals surface area contributed by atoms with Gasteiger partial charge in [-0.15, -0.1) is 0 Å². The standard InChI is InChI=1S/C20H19ClN6O5/c1-4-25-17-15(24(3)16(22-17)10(2)23-32)18(28)26(19(25)29)9-11-8-12-13(21)6-5-7-14(12)27(11)20(30)31/h5-8,32H,4,9H2,1-3H3,(H,30,31)/b23-10+. The minimum atomic E-state index is -1.26. The highest BCUT2D eigenvalue weighted by Crippen LogP contribution is 2.27. The van der Waals surface area contributed by atoms with E-state index in [0.717, 1.165) is 9.13 Å². The third-order valence-corrected chi connectivity index (χ3v) is 5.74. The van der Waals surface area contributed by atoms with Crippen molar-refractivity contribution in [1.82, 2.24) is 23.3 Å². The summed E-state index contributed by atoms with van der Waals surface area (Å²) >= 11 is 6.22. The van der Waals surface area contributed by atoms with Crippen molar-refractivity contribution >= 4 is 45.5 Å². The molecule has 11 nitrogen and oxygen atoms in total. The molecule has 0 saturated heterocycles. The molecule has 0 saturated carbocycles. The molecule has 4 rings (SSSR count). The number of carbonyl (C=O) groups is 1. The summed E-state index contributed by atoms with van der Waals surface area (Å²) in [5.74, 6) is 0.227. The fourth-order valence-electron chi connectivity index (χ4n) is 3.91. The van der Waals surface area contributed by atoms with E-state index >= 15 is 0 Å². The Morgan fingerprint density at radius 1 is 1.25 bits per heavy atom. The van der Waals surface area contributed by atoms with E-state index in [1.165, 1.54) is 16.1 Å². The molecule has 0 unspecified atom stereocenters. The molecule has 0 amide bonds. The van der Waals surface area contributed by atoms with Crippen LogP contribution in [0.4, 0.5) is 4.79 Å². The van der Waals surface area contributed by atoms with Crippen LogP contribution < -0.4 is 11.2 Å². The molecule has 0 atom stereocenters. The Labute approximate surface area is 185 Å². The summed E-state index contributed by atoms with van der Waals surface area (Å²) in [6.07, 6.45) is -1.26. The highest BCUT2D eigenvalue weighted by Gasteiger charge is 2.23. The van der Waals surface area contributed by atoms with Crippen LogP contribution in [0.3, 0.4) is 0 Å². The zero-order chi connectivity index (χ0) is 23.3. The van der Waals surface area contributed by atoms with Crippen LogP contribution in [-0.2, 0) is 20.1 Å². The van der Waals surface area contributed by atoms with Crippen molar-refractivity contribution in [3.8, 4) is 0 Å². The van der Waals surface area contributed by atoms with Gasteiger partial charge in [-0.1, -0.05) is 22.8 Å². The van der Waals surface area contributed by atoms with Gasteiger partial charge in [-0.05, 0) is 32.0 Å². The molecule has 12 heteroatoms. The Kier molecular flexibility index (Phi) is 5.13. The minimum Gasteiger partial charge on any atom is -0.464 e. The Morgan fingerprint density at radius 2 is 1.97 bits per heavy atom. The number of halogens is 1. The van der Waals surface area contributed by atoms with Crippen molar-refractivity contribution in [2.24, 2.45) is 12.2 Å². The average molecular weight is 459 g/mol. The van der Waals surface area contributed by atoms with Crippen molar-refractivity contribution in [2.75, 3.05) is 0 Å². The molecule has 2 N–H and O–H groups in total. The number of carboxylic acid groups (broad SMARTS) is 1. The van der Waals surface area contributed by atoms with Crippen molar-refractivity contribution in [2.45, 2.75) is 26.9 Å². The van der Waals surface area contributed by atoms with Gasteiger partial charge in [0.15, 0.2) is 17.0 Å². The first-order valence-electron chi connectivity index (χ1n) is 9.62. The zero-order valence-electron chi connectivity index (χ0n) is 17.4. The van der Waals surface area contributed by atoms with Gasteiger partial charge in [-0.25, -0.2) is 19.1 Å². The summed E-state index contributed by atoms with van der Waals surface area (Å²) < 4.78 is 4.72. The van der Waals surface area contributed by atoms with E-state index in [1.54, 1.807) is 38.2 Å². The van der Waals surface area contributed by atoms with Gasteiger partial charge in [0, 0.05) is 24.0 Å². The van der Waals surface area contributed by atoms with Gasteiger partial charge in [0.2, 0.25) is 0 Å². The van der Waals surface area contributed by atoms with E-state index in [-0.39, 0.29) is 41.5 Å². The molecule has 0 aliphatic rings. The maximum absolute atomic E-state index is 13.3. The first-order valence-corrected chi connectivity index (χ1v) is 10.00. The highest BCUT2D eigenvalue weighted by atomic mass is 35.5. The van der Waals surface area contributed by atoms with Crippen LogP contribution in [-0.4, -0.2) is 45.4 Å². The first-order chi connectivity index (χ1) is 15.2. The number of hydrogen-bond donors (Lipinski definition) is 2. The largest absolute Gasteiger partial charge is 0.464 e. The van der Waals surface area contributed by atoms with Crippen LogP contribution in [0.2, 0.25) is 5.02 Å². The molecule has 3 heterocycles. The second kappa shape index (κ2) is 7.68. The summed E-state index contributed by atoms with van der Waals surface area (Å²) in [6, 6.07) is 6.40. The predicted octanol–water partition coefficient (Wildman–Crippen LogP) is 2.30. The van der Waals surface area contributed by atoms with E-state index < -0.39 is 17.3 Å². The molecule has 1 aromatic carbocycles. The number of hydrogen-bond acceptors (Lipinski definition) is 6. The van der Waals surface area contributed by atoms with E-state index in [9.17, 15) is 19.5 Å². The van der Waals surface area contributed by atoms with Gasteiger partial charge in [-0.3, -0.25) is 13.9 Å². The number of aromatic nitrogens is 5. The van der Waals surface area contributed by atoms with Crippen molar-refractivity contribution in [1.29, 1.82) is 0 Å². The van der Waals surface area contributed by atoms with Gasteiger partial charge in [0.05, 0.1) is 17.8 Å². The molecular weight excluding hydrogens is 440 g/mol. The quantitative estimate of drug-likeness (QED) is 0.273. The summed E-state index contributed by atoms with van der Waals surface area (Å²) in [6.45, 7) is 3.17. The SMILES string of the molecule is CCn1c(=O)n(Cc2cc3c(Cl)cccc3n2C(=O)O)c(=O)c2c1nc(/C(C)=N/O)n2C. The normalized spacial score (nSPS) is 12.2. The van der Waals surface area contributed by atoms with Crippen LogP contribution in [0.25, 0.3) is 22.1 Å². The lowest BCUT2D eigenvalue weighted by Gasteiger charge is -2.11. The average Bonchev–Trinajstić information content (AvgIpc) is 3.30. The fraction of sp³-hybridized carbons (Fsp3) is 0.250. The summed E-state index contributed by atoms with van der Waals surface area (Å²) in [7, 11) is 1.57. The fourth-order valence-corrected chi connectivity index (χ4v) is 4.13. The van der Waals surface area contributed by atoms with Crippen molar-refractivity contribution in [3.63, 3.8) is 0 Å². The van der Waals surface area contributed by atoms with Crippen LogP contribution in [0.15, 0.2) is 39.0 Å². The van der Waals surface area contributed by atoms with Gasteiger partial charge < -0.3 is 14.9 Å². The number of fused-ring (bicyclic) bond motifs is 2. The maximum atomic E-state index is 13.3. The van der Waals surface area contributed by atoms with E-state index in [0.29, 0.717) is 15.9 Å². The van der Waals surface area contributed by atoms with Crippen LogP contribution in [0.5, 0.6) is 0 Å². The van der Waals surface area contributed by atoms with Crippen LogP contribution in [0.1, 0.15) is 25.4 Å². The molecule has 0 spiro atoms. The number of aryl methyl sites for hydroxylation is 2. The summed E-state index contributed by atoms with van der Waals surface area (Å²) in [5.41, 5.74) is -0.275. The third kappa shape index (κ3) is 3.01. The third-order valence-electron chi connectivity index (χ3n) is 5.41. The Morgan fingerprint density at radius 3 is 2.59 bits per heavy atom. The second-order valence-corrected chi connectivity index (χ2v) is 7.60. The lowest BCUT2D eigenvalue weighted by atomic mass is 10.2. The number of benzene rings is 1. The predicted molar refractivity (Wildman–Crippen MR) is 118 cm³/mol. The van der Waals surface area contributed by atoms with Gasteiger partial charge >= 0.3 is 11.8 Å². The summed E-state index contributed by atoms with van der Waals surface area (Å²) in [5, 5.41) is 22.9. The van der Waals surface area contributed by atoms with E-state index in [4.69, 9.17) is 16.8 Å².